The minimum atomic E-state index is -4.03. The SMILES string of the molecule is CCCCCCCCCS(=O)(=O)ON1C(=O)c2cccc3cccc(c23)C1=O. The number of hydrogen-bond donors (Lipinski definition) is 0. The molecule has 1 aliphatic heterocycles. The lowest BCUT2D eigenvalue weighted by atomic mass is 9.95. The van der Waals surface area contributed by atoms with E-state index in [4.69, 9.17) is 4.28 Å². The third kappa shape index (κ3) is 4.42. The van der Waals surface area contributed by atoms with Crippen LogP contribution in [-0.4, -0.2) is 31.0 Å². The molecule has 0 fully saturated rings. The number of nitrogens with zero attached hydrogens (tertiary/aromatic N) is 1. The molecule has 3 rings (SSSR count). The first-order valence-corrected chi connectivity index (χ1v) is 11.3. The zero-order valence-corrected chi connectivity index (χ0v) is 16.8. The van der Waals surface area contributed by atoms with Gasteiger partial charge in [-0.15, -0.1) is 9.35 Å². The van der Waals surface area contributed by atoms with E-state index in [0.717, 1.165) is 37.5 Å². The maximum atomic E-state index is 12.7. The van der Waals surface area contributed by atoms with Gasteiger partial charge in [-0.05, 0) is 23.9 Å². The molecule has 1 aliphatic rings. The highest BCUT2D eigenvalue weighted by Gasteiger charge is 2.36. The minimum absolute atomic E-state index is 0.219. The van der Waals surface area contributed by atoms with Crippen molar-refractivity contribution in [2.45, 2.75) is 51.9 Å². The molecular formula is C21H25NO5S. The molecule has 0 saturated carbocycles. The first kappa shape index (κ1) is 20.5. The van der Waals surface area contributed by atoms with Gasteiger partial charge in [0.25, 0.3) is 21.9 Å². The molecule has 0 spiro atoms. The molecule has 0 aliphatic carbocycles. The van der Waals surface area contributed by atoms with Gasteiger partial charge in [0.1, 0.15) is 0 Å². The summed E-state index contributed by atoms with van der Waals surface area (Å²) in [6, 6.07) is 10.1. The molecule has 150 valence electrons. The Kier molecular flexibility index (Phi) is 6.46. The van der Waals surface area contributed by atoms with E-state index in [0.29, 0.717) is 16.9 Å². The number of imide groups is 1. The van der Waals surface area contributed by atoms with Gasteiger partial charge in [0.2, 0.25) is 0 Å². The van der Waals surface area contributed by atoms with Crippen LogP contribution in [0, 0.1) is 0 Å². The predicted octanol–water partition coefficient (Wildman–Crippen LogP) is 4.45. The number of hydroxylamine groups is 2. The van der Waals surface area contributed by atoms with Crippen molar-refractivity contribution in [2.24, 2.45) is 0 Å². The Morgan fingerprint density at radius 3 is 1.93 bits per heavy atom. The Labute approximate surface area is 165 Å². The van der Waals surface area contributed by atoms with Crippen LogP contribution in [-0.2, 0) is 14.4 Å². The van der Waals surface area contributed by atoms with E-state index in [-0.39, 0.29) is 16.9 Å². The van der Waals surface area contributed by atoms with Crippen molar-refractivity contribution >= 4 is 32.7 Å². The normalized spacial score (nSPS) is 14.1. The van der Waals surface area contributed by atoms with Gasteiger partial charge < -0.3 is 0 Å². The standard InChI is InChI=1S/C21H25NO5S/c1-2-3-4-5-6-7-8-15-28(25,26)27-22-20(23)17-13-9-11-16-12-10-14-18(19(16)17)21(22)24/h9-14H,2-8,15H2,1H3. The average molecular weight is 404 g/mol. The summed E-state index contributed by atoms with van der Waals surface area (Å²) in [7, 11) is -4.03. The summed E-state index contributed by atoms with van der Waals surface area (Å²) in [5.41, 5.74) is 0.526. The van der Waals surface area contributed by atoms with Crippen LogP contribution in [0.2, 0.25) is 0 Å². The topological polar surface area (TPSA) is 80.8 Å². The molecule has 1 heterocycles. The maximum Gasteiger partial charge on any atom is 0.288 e. The number of benzene rings is 2. The highest BCUT2D eigenvalue weighted by Crippen LogP contribution is 2.30. The van der Waals surface area contributed by atoms with Crippen molar-refractivity contribution < 1.29 is 22.3 Å². The van der Waals surface area contributed by atoms with E-state index >= 15 is 0 Å². The summed E-state index contributed by atoms with van der Waals surface area (Å²) in [4.78, 5) is 25.4. The summed E-state index contributed by atoms with van der Waals surface area (Å²) >= 11 is 0. The molecule has 0 N–H and O–H groups in total. The zero-order valence-electron chi connectivity index (χ0n) is 16.0. The molecule has 0 aromatic heterocycles. The summed E-state index contributed by atoms with van der Waals surface area (Å²) in [5, 5.41) is 1.67. The first-order valence-electron chi connectivity index (χ1n) is 9.77. The smallest absolute Gasteiger partial charge is 0.266 e. The summed E-state index contributed by atoms with van der Waals surface area (Å²) < 4.78 is 29.6. The van der Waals surface area contributed by atoms with E-state index in [1.54, 1.807) is 36.4 Å². The molecule has 28 heavy (non-hydrogen) atoms. The predicted molar refractivity (Wildman–Crippen MR) is 107 cm³/mol. The second-order valence-corrected chi connectivity index (χ2v) is 8.74. The maximum absolute atomic E-state index is 12.7. The molecular weight excluding hydrogens is 378 g/mol. The minimum Gasteiger partial charge on any atom is -0.266 e. The fraction of sp³-hybridized carbons (Fsp3) is 0.429. The van der Waals surface area contributed by atoms with Gasteiger partial charge in [-0.3, -0.25) is 9.59 Å². The number of hydrogen-bond acceptors (Lipinski definition) is 5. The molecule has 2 amide bonds. The van der Waals surface area contributed by atoms with Crippen LogP contribution in [0.3, 0.4) is 0 Å². The van der Waals surface area contributed by atoms with Crippen LogP contribution in [0.1, 0.15) is 72.6 Å². The molecule has 0 saturated heterocycles. The Morgan fingerprint density at radius 1 is 0.821 bits per heavy atom. The van der Waals surface area contributed by atoms with Crippen molar-refractivity contribution in [3.05, 3.63) is 47.5 Å². The van der Waals surface area contributed by atoms with Crippen LogP contribution < -0.4 is 0 Å². The lowest BCUT2D eigenvalue weighted by Crippen LogP contribution is -2.42. The number of unbranched alkanes of at least 4 members (excludes halogenated alkanes) is 6. The quantitative estimate of drug-likeness (QED) is 0.432. The fourth-order valence-corrected chi connectivity index (χ4v) is 4.46. The monoisotopic (exact) mass is 403 g/mol. The molecule has 0 unspecified atom stereocenters. The zero-order chi connectivity index (χ0) is 20.1. The highest BCUT2D eigenvalue weighted by atomic mass is 32.2. The van der Waals surface area contributed by atoms with Crippen LogP contribution >= 0.6 is 0 Å². The molecule has 0 atom stereocenters. The summed E-state index contributed by atoms with van der Waals surface area (Å²) in [6.07, 6.45) is 6.77. The van der Waals surface area contributed by atoms with Crippen molar-refractivity contribution in [2.75, 3.05) is 5.75 Å². The molecule has 6 nitrogen and oxygen atoms in total. The van der Waals surface area contributed by atoms with Crippen LogP contribution in [0.4, 0.5) is 0 Å². The highest BCUT2D eigenvalue weighted by molar-refractivity contribution is 7.86. The third-order valence-corrected chi connectivity index (χ3v) is 6.09. The Hall–Kier alpha value is -2.25. The van der Waals surface area contributed by atoms with Crippen molar-refractivity contribution in [3.63, 3.8) is 0 Å². The molecule has 2 aromatic rings. The average Bonchev–Trinajstić information content (AvgIpc) is 2.68. The van der Waals surface area contributed by atoms with E-state index in [1.807, 2.05) is 0 Å². The fourth-order valence-electron chi connectivity index (χ4n) is 3.46. The van der Waals surface area contributed by atoms with Gasteiger partial charge in [0.15, 0.2) is 0 Å². The number of carbonyl (C=O) groups is 2. The number of amides is 2. The van der Waals surface area contributed by atoms with Gasteiger partial charge in [-0.25, -0.2) is 0 Å². The Bertz CT molecular complexity index is 933. The third-order valence-electron chi connectivity index (χ3n) is 4.92. The molecule has 7 heteroatoms. The van der Waals surface area contributed by atoms with Gasteiger partial charge in [-0.1, -0.05) is 69.7 Å². The molecule has 0 bridgehead atoms. The first-order chi connectivity index (χ1) is 13.4. The van der Waals surface area contributed by atoms with E-state index in [2.05, 4.69) is 6.92 Å². The largest absolute Gasteiger partial charge is 0.288 e. The number of carbonyl (C=O) groups excluding carboxylic acids is 2. The Balaban J connectivity index is 1.66. The Morgan fingerprint density at radius 2 is 1.36 bits per heavy atom. The van der Waals surface area contributed by atoms with Gasteiger partial charge >= 0.3 is 0 Å². The lowest BCUT2D eigenvalue weighted by Gasteiger charge is -2.25. The molecule has 0 radical (unpaired) electrons. The second-order valence-electron chi connectivity index (χ2n) is 7.07. The van der Waals surface area contributed by atoms with Crippen molar-refractivity contribution in [1.29, 1.82) is 0 Å². The van der Waals surface area contributed by atoms with Crippen molar-refractivity contribution in [1.82, 2.24) is 5.06 Å². The van der Waals surface area contributed by atoms with Crippen LogP contribution in [0.15, 0.2) is 36.4 Å². The lowest BCUT2D eigenvalue weighted by molar-refractivity contribution is -0.0155. The summed E-state index contributed by atoms with van der Waals surface area (Å²) in [5.74, 6) is -1.72. The van der Waals surface area contributed by atoms with Crippen LogP contribution in [0.5, 0.6) is 0 Å². The number of rotatable bonds is 10. The summed E-state index contributed by atoms with van der Waals surface area (Å²) in [6.45, 7) is 2.14. The van der Waals surface area contributed by atoms with Crippen LogP contribution in [0.25, 0.3) is 10.8 Å². The molecule has 2 aromatic carbocycles. The van der Waals surface area contributed by atoms with Crippen molar-refractivity contribution in [3.8, 4) is 0 Å². The van der Waals surface area contributed by atoms with Gasteiger partial charge in [0.05, 0.1) is 16.9 Å². The van der Waals surface area contributed by atoms with E-state index in [9.17, 15) is 18.0 Å². The van der Waals surface area contributed by atoms with E-state index in [1.165, 1.54) is 6.42 Å². The van der Waals surface area contributed by atoms with E-state index < -0.39 is 21.9 Å². The second kappa shape index (κ2) is 8.84. The van der Waals surface area contributed by atoms with Gasteiger partial charge in [-0.2, -0.15) is 8.42 Å². The van der Waals surface area contributed by atoms with Gasteiger partial charge in [0, 0.05) is 5.39 Å².